The first-order chi connectivity index (χ1) is 15.1. The van der Waals surface area contributed by atoms with Gasteiger partial charge in [-0.2, -0.15) is 18.3 Å². The van der Waals surface area contributed by atoms with Crippen molar-refractivity contribution in [2.75, 3.05) is 13.2 Å². The van der Waals surface area contributed by atoms with Gasteiger partial charge in [-0.3, -0.25) is 0 Å². The molecule has 1 atom stereocenters. The van der Waals surface area contributed by atoms with E-state index in [-0.39, 0.29) is 39.9 Å². The number of nitrogens with zero attached hydrogens (tertiary/aromatic N) is 3. The molecule has 0 aromatic heterocycles. The van der Waals surface area contributed by atoms with Crippen LogP contribution in [0.5, 0.6) is 11.5 Å². The van der Waals surface area contributed by atoms with Gasteiger partial charge in [-0.15, -0.1) is 5.11 Å². The summed E-state index contributed by atoms with van der Waals surface area (Å²) in [6.45, 7) is 0.176. The van der Waals surface area contributed by atoms with Crippen molar-refractivity contribution in [3.8, 4) is 11.5 Å². The largest absolute Gasteiger partial charge is 0.490 e. The molecular weight excluding hydrogens is 513 g/mol. The first-order valence-corrected chi connectivity index (χ1v) is 10.5. The van der Waals surface area contributed by atoms with E-state index in [1.54, 1.807) is 0 Å². The molecule has 0 saturated heterocycles. The maximum absolute atomic E-state index is 12.9. The third kappa shape index (κ3) is 6.07. The average Bonchev–Trinajstić information content (AvgIpc) is 3.19. The second-order valence-corrected chi connectivity index (χ2v) is 8.29. The van der Waals surface area contributed by atoms with E-state index in [0.717, 1.165) is 12.1 Å². The molecule has 0 amide bonds. The van der Waals surface area contributed by atoms with Crippen LogP contribution in [0.15, 0.2) is 62.2 Å². The van der Waals surface area contributed by atoms with Gasteiger partial charge in [0.15, 0.2) is 5.75 Å². The Balaban J connectivity index is 1.69. The van der Waals surface area contributed by atoms with Crippen molar-refractivity contribution in [1.29, 1.82) is 0 Å². The highest BCUT2D eigenvalue weighted by molar-refractivity contribution is 6.55. The highest BCUT2D eigenvalue weighted by atomic mass is 35.5. The molecule has 1 aliphatic heterocycles. The van der Waals surface area contributed by atoms with Crippen molar-refractivity contribution in [1.82, 2.24) is 0 Å². The molecule has 3 rings (SSSR count). The van der Waals surface area contributed by atoms with Gasteiger partial charge in [0, 0.05) is 24.1 Å². The fraction of sp³-hybridized carbons (Fsp3) is 0.250. The molecule has 2 aromatic carbocycles. The molecule has 2 aromatic rings. The minimum absolute atomic E-state index is 0.0572. The molecule has 12 heteroatoms. The second kappa shape index (κ2) is 10.3. The van der Waals surface area contributed by atoms with Crippen LogP contribution in [-0.4, -0.2) is 19.6 Å². The number of benzene rings is 2. The van der Waals surface area contributed by atoms with E-state index in [1.165, 1.54) is 36.7 Å². The van der Waals surface area contributed by atoms with Crippen LogP contribution in [0.2, 0.25) is 10.0 Å². The molecule has 0 aliphatic carbocycles. The van der Waals surface area contributed by atoms with Crippen LogP contribution >= 0.6 is 46.4 Å². The van der Waals surface area contributed by atoms with E-state index in [9.17, 15) is 13.2 Å². The minimum Gasteiger partial charge on any atom is -0.490 e. The van der Waals surface area contributed by atoms with E-state index in [1.807, 2.05) is 0 Å². The third-order valence-corrected chi connectivity index (χ3v) is 5.25. The first-order valence-electron chi connectivity index (χ1n) is 9.00. The zero-order valence-corrected chi connectivity index (χ0v) is 19.1. The van der Waals surface area contributed by atoms with Gasteiger partial charge in [-0.1, -0.05) is 58.5 Å². The molecule has 0 fully saturated rings. The number of alkyl halides is 3. The highest BCUT2D eigenvalue weighted by Crippen LogP contribution is 2.39. The molecule has 0 N–H and O–H groups in total. The van der Waals surface area contributed by atoms with E-state index < -0.39 is 17.4 Å². The fourth-order valence-corrected chi connectivity index (χ4v) is 3.54. The van der Waals surface area contributed by atoms with Gasteiger partial charge in [0.2, 0.25) is 5.66 Å². The molecule has 0 radical (unpaired) electrons. The quantitative estimate of drug-likeness (QED) is 0.352. The number of hydrogen-bond donors (Lipinski definition) is 0. The van der Waals surface area contributed by atoms with Crippen LogP contribution in [0, 0.1) is 0 Å². The van der Waals surface area contributed by atoms with Crippen LogP contribution < -0.4 is 9.47 Å². The summed E-state index contributed by atoms with van der Waals surface area (Å²) >= 11 is 23.5. The van der Waals surface area contributed by atoms with Gasteiger partial charge in [-0.25, -0.2) is 4.99 Å². The van der Waals surface area contributed by atoms with Gasteiger partial charge in [-0.05, 0) is 18.2 Å². The predicted octanol–water partition coefficient (Wildman–Crippen LogP) is 7.83. The van der Waals surface area contributed by atoms with Crippen LogP contribution in [0.3, 0.4) is 0 Å². The summed E-state index contributed by atoms with van der Waals surface area (Å²) in [5, 5.41) is 8.26. The maximum atomic E-state index is 12.9. The molecule has 0 saturated carbocycles. The molecule has 5 nitrogen and oxygen atoms in total. The highest BCUT2D eigenvalue weighted by Gasteiger charge is 2.36. The van der Waals surface area contributed by atoms with Crippen molar-refractivity contribution in [2.24, 2.45) is 15.2 Å². The molecule has 1 unspecified atom stereocenters. The smallest absolute Gasteiger partial charge is 0.416 e. The molecule has 170 valence electrons. The van der Waals surface area contributed by atoms with Crippen LogP contribution in [0.1, 0.15) is 17.5 Å². The molecule has 1 aliphatic rings. The van der Waals surface area contributed by atoms with E-state index in [2.05, 4.69) is 15.2 Å². The van der Waals surface area contributed by atoms with Crippen LogP contribution in [0.4, 0.5) is 13.2 Å². The van der Waals surface area contributed by atoms with Gasteiger partial charge < -0.3 is 9.47 Å². The number of halogens is 7. The van der Waals surface area contributed by atoms with E-state index >= 15 is 0 Å². The van der Waals surface area contributed by atoms with E-state index in [0.29, 0.717) is 11.3 Å². The molecule has 0 bridgehead atoms. The summed E-state index contributed by atoms with van der Waals surface area (Å²) in [6.07, 6.45) is -1.56. The SMILES string of the molecule is FC(F)(F)c1ccc(C2(CCOc3c(Cl)cc(OCC=C(Cl)Cl)cc3Cl)N=CN=N2)cc1. The van der Waals surface area contributed by atoms with Gasteiger partial charge in [0.05, 0.1) is 22.2 Å². The Labute approximate surface area is 201 Å². The summed E-state index contributed by atoms with van der Waals surface area (Å²) in [4.78, 5) is 4.23. The third-order valence-electron chi connectivity index (χ3n) is 4.38. The Bertz CT molecular complexity index is 1020. The second-order valence-electron chi connectivity index (χ2n) is 6.47. The lowest BCUT2D eigenvalue weighted by molar-refractivity contribution is -0.137. The number of aliphatic imine (C=N–C) groups is 1. The lowest BCUT2D eigenvalue weighted by Crippen LogP contribution is -2.22. The van der Waals surface area contributed by atoms with Crippen LogP contribution in [-0.2, 0) is 11.8 Å². The van der Waals surface area contributed by atoms with Crippen molar-refractivity contribution in [3.63, 3.8) is 0 Å². The van der Waals surface area contributed by atoms with Crippen LogP contribution in [0.25, 0.3) is 0 Å². The predicted molar refractivity (Wildman–Crippen MR) is 118 cm³/mol. The molecular formula is C20H14Cl4F3N3O2. The first kappa shape index (κ1) is 24.6. The topological polar surface area (TPSA) is 55.5 Å². The summed E-state index contributed by atoms with van der Waals surface area (Å²) in [5.41, 5.74) is -1.52. The molecule has 0 spiro atoms. The fourth-order valence-electron chi connectivity index (χ4n) is 2.84. The summed E-state index contributed by atoms with van der Waals surface area (Å²) in [6, 6.07) is 7.60. The van der Waals surface area contributed by atoms with Crippen molar-refractivity contribution in [3.05, 3.63) is 68.1 Å². The number of ether oxygens (including phenoxy) is 2. The average molecular weight is 527 g/mol. The summed E-state index contributed by atoms with van der Waals surface area (Å²) in [5.74, 6) is 0.599. The number of rotatable bonds is 8. The standard InChI is InChI=1S/C20H14Cl4F3N3O2/c21-15-9-14(31-7-5-17(23)24)10-16(22)18(15)32-8-6-19(28-11-29-30-19)12-1-3-13(4-2-12)20(25,26)27/h1-5,9-11H,6-8H2. The summed E-state index contributed by atoms with van der Waals surface area (Å²) < 4.78 is 49.8. The Morgan fingerprint density at radius 3 is 2.22 bits per heavy atom. The minimum atomic E-state index is -4.44. The zero-order valence-electron chi connectivity index (χ0n) is 16.0. The summed E-state index contributed by atoms with van der Waals surface area (Å²) in [7, 11) is 0. The van der Waals surface area contributed by atoms with Crippen molar-refractivity contribution in [2.45, 2.75) is 18.3 Å². The van der Waals surface area contributed by atoms with Crippen molar-refractivity contribution < 1.29 is 22.6 Å². The Kier molecular flexibility index (Phi) is 7.92. The number of azo groups is 1. The lowest BCUT2D eigenvalue weighted by atomic mass is 9.96. The lowest BCUT2D eigenvalue weighted by Gasteiger charge is -2.23. The van der Waals surface area contributed by atoms with Gasteiger partial charge in [0.1, 0.15) is 23.2 Å². The maximum Gasteiger partial charge on any atom is 0.416 e. The Hall–Kier alpha value is -2.00. The zero-order chi connectivity index (χ0) is 23.4. The Morgan fingerprint density at radius 2 is 1.69 bits per heavy atom. The normalized spacial score (nSPS) is 17.5. The number of hydrogen-bond acceptors (Lipinski definition) is 5. The monoisotopic (exact) mass is 525 g/mol. The van der Waals surface area contributed by atoms with Gasteiger partial charge in [0.25, 0.3) is 0 Å². The Morgan fingerprint density at radius 1 is 1.03 bits per heavy atom. The molecule has 32 heavy (non-hydrogen) atoms. The van der Waals surface area contributed by atoms with Crippen molar-refractivity contribution >= 4 is 52.7 Å². The van der Waals surface area contributed by atoms with E-state index in [4.69, 9.17) is 55.9 Å². The van der Waals surface area contributed by atoms with Gasteiger partial charge >= 0.3 is 6.18 Å². The molecule has 1 heterocycles.